The molecule has 0 aliphatic carbocycles. The lowest BCUT2D eigenvalue weighted by Gasteiger charge is -2.00. The first-order valence-corrected chi connectivity index (χ1v) is 4.33. The Morgan fingerprint density at radius 3 is 2.58 bits per heavy atom. The lowest BCUT2D eigenvalue weighted by Crippen LogP contribution is -1.96. The molecule has 0 spiro atoms. The molecule has 1 rings (SSSR count). The lowest BCUT2D eigenvalue weighted by atomic mass is 10.2. The van der Waals surface area contributed by atoms with Crippen LogP contribution in [-0.4, -0.2) is 7.05 Å². The molecule has 0 aliphatic rings. The highest BCUT2D eigenvalue weighted by atomic mass is 14.8. The van der Waals surface area contributed by atoms with Crippen molar-refractivity contribution in [1.29, 1.82) is 0 Å². The first kappa shape index (κ1) is 11.0. The number of hydrogen-bond acceptors (Lipinski definition) is 2. The molecule has 0 aromatic heterocycles. The Balaban J connectivity index is -0.000000284. The number of anilines is 1. The van der Waals surface area contributed by atoms with Crippen LogP contribution in [0.5, 0.6) is 0 Å². The van der Waals surface area contributed by atoms with E-state index >= 15 is 0 Å². The Labute approximate surface area is 77.8 Å². The summed E-state index contributed by atoms with van der Waals surface area (Å²) in [6, 6.07) is 8.06. The van der Waals surface area contributed by atoms with Gasteiger partial charge in [0.1, 0.15) is 0 Å². The molecule has 3 N–H and O–H groups in total. The summed E-state index contributed by atoms with van der Waals surface area (Å²) in [6.07, 6.45) is 0. The van der Waals surface area contributed by atoms with E-state index in [1.165, 1.54) is 0 Å². The Morgan fingerprint density at radius 2 is 2.08 bits per heavy atom. The molecular weight excluding hydrogens is 148 g/mol. The van der Waals surface area contributed by atoms with E-state index in [0.29, 0.717) is 6.54 Å². The van der Waals surface area contributed by atoms with Crippen molar-refractivity contribution in [3.8, 4) is 0 Å². The van der Waals surface area contributed by atoms with Crippen molar-refractivity contribution in [3.05, 3.63) is 29.8 Å². The predicted octanol–water partition coefficient (Wildman–Crippen LogP) is 2.71. The fraction of sp³-hybridized carbons (Fsp3) is 0.400. The monoisotopic (exact) mass is 170 g/mol. The van der Waals surface area contributed by atoms with Gasteiger partial charge in [-0.1, -0.05) is 26.0 Å². The van der Waals surface area contributed by atoms with E-state index in [1.54, 1.807) is 0 Å². The molecular formula is C10H22N2. The van der Waals surface area contributed by atoms with Crippen molar-refractivity contribution < 1.29 is 2.85 Å². The molecule has 1 aromatic rings. The van der Waals surface area contributed by atoms with Crippen LogP contribution in [0.3, 0.4) is 0 Å². The number of benzene rings is 1. The van der Waals surface area contributed by atoms with Gasteiger partial charge in [0, 0.05) is 22.1 Å². The summed E-state index contributed by atoms with van der Waals surface area (Å²) < 4.78 is 0. The summed E-state index contributed by atoms with van der Waals surface area (Å²) in [6.45, 7) is 4.61. The molecule has 0 bridgehead atoms. The maximum Gasteiger partial charge on any atom is 0.0340 e. The molecule has 0 heterocycles. The maximum absolute atomic E-state index is 5.45. The third-order valence-corrected chi connectivity index (χ3v) is 1.45. The van der Waals surface area contributed by atoms with Gasteiger partial charge in [0.15, 0.2) is 0 Å². The Kier molecular flexibility index (Phi) is 6.11. The van der Waals surface area contributed by atoms with Gasteiger partial charge in [0.25, 0.3) is 0 Å². The van der Waals surface area contributed by atoms with Crippen molar-refractivity contribution in [1.82, 2.24) is 0 Å². The average molecular weight is 170 g/mol. The number of hydrogen-bond donors (Lipinski definition) is 2. The number of rotatable bonds is 2. The Hall–Kier alpha value is -1.02. The number of nitrogens with one attached hydrogen (secondary N) is 1. The van der Waals surface area contributed by atoms with E-state index in [-0.39, 0.29) is 2.85 Å². The second-order valence-corrected chi connectivity index (χ2v) is 2.15. The maximum atomic E-state index is 5.45. The smallest absolute Gasteiger partial charge is 0.0340 e. The van der Waals surface area contributed by atoms with Crippen LogP contribution >= 0.6 is 0 Å². The fourth-order valence-corrected chi connectivity index (χ4v) is 0.854. The molecule has 0 atom stereocenters. The zero-order valence-electron chi connectivity index (χ0n) is 8.09. The SMILES string of the molecule is CC.CNc1cccc(CN)c1.[HH].[HH]. The highest BCUT2D eigenvalue weighted by Crippen LogP contribution is 2.08. The minimum absolute atomic E-state index is 0. The van der Waals surface area contributed by atoms with Gasteiger partial charge in [-0.2, -0.15) is 0 Å². The van der Waals surface area contributed by atoms with E-state index in [2.05, 4.69) is 5.32 Å². The normalized spacial score (nSPS) is 8.33. The van der Waals surface area contributed by atoms with Crippen molar-refractivity contribution in [2.24, 2.45) is 5.73 Å². The Morgan fingerprint density at radius 1 is 1.42 bits per heavy atom. The summed E-state index contributed by atoms with van der Waals surface area (Å²) in [7, 11) is 1.90. The van der Waals surface area contributed by atoms with E-state index in [9.17, 15) is 0 Å². The van der Waals surface area contributed by atoms with Crippen LogP contribution < -0.4 is 11.1 Å². The highest BCUT2D eigenvalue weighted by molar-refractivity contribution is 5.44. The van der Waals surface area contributed by atoms with Gasteiger partial charge in [-0.15, -0.1) is 0 Å². The molecule has 0 unspecified atom stereocenters. The third kappa shape index (κ3) is 3.39. The first-order chi connectivity index (χ1) is 5.86. The van der Waals surface area contributed by atoms with E-state index in [0.717, 1.165) is 11.3 Å². The third-order valence-electron chi connectivity index (χ3n) is 1.45. The largest absolute Gasteiger partial charge is 0.388 e. The summed E-state index contributed by atoms with van der Waals surface area (Å²) >= 11 is 0. The summed E-state index contributed by atoms with van der Waals surface area (Å²) in [5.74, 6) is 0. The van der Waals surface area contributed by atoms with Crippen LogP contribution in [0.2, 0.25) is 0 Å². The van der Waals surface area contributed by atoms with Gasteiger partial charge in [-0.05, 0) is 17.7 Å². The molecule has 0 radical (unpaired) electrons. The summed E-state index contributed by atoms with van der Waals surface area (Å²) in [5.41, 5.74) is 7.72. The lowest BCUT2D eigenvalue weighted by molar-refractivity contribution is 1.07. The zero-order valence-corrected chi connectivity index (χ0v) is 8.09. The zero-order chi connectivity index (χ0) is 9.40. The summed E-state index contributed by atoms with van der Waals surface area (Å²) in [4.78, 5) is 0. The van der Waals surface area contributed by atoms with Crippen LogP contribution in [0.15, 0.2) is 24.3 Å². The van der Waals surface area contributed by atoms with Crippen LogP contribution in [0.1, 0.15) is 22.3 Å². The average Bonchev–Trinajstić information content (AvgIpc) is 2.21. The van der Waals surface area contributed by atoms with Gasteiger partial charge in [0.05, 0.1) is 0 Å². The van der Waals surface area contributed by atoms with Crippen molar-refractivity contribution >= 4 is 5.69 Å². The minimum atomic E-state index is 0. The molecule has 0 saturated carbocycles. The van der Waals surface area contributed by atoms with Crippen LogP contribution in [0.25, 0.3) is 0 Å². The second-order valence-electron chi connectivity index (χ2n) is 2.15. The van der Waals surface area contributed by atoms with Crippen LogP contribution in [-0.2, 0) is 6.54 Å². The summed E-state index contributed by atoms with van der Waals surface area (Å²) in [5, 5.41) is 3.05. The van der Waals surface area contributed by atoms with Crippen molar-refractivity contribution in [2.75, 3.05) is 12.4 Å². The van der Waals surface area contributed by atoms with Gasteiger partial charge in [-0.3, -0.25) is 0 Å². The minimum Gasteiger partial charge on any atom is -0.388 e. The number of nitrogens with two attached hydrogens (primary N) is 1. The molecule has 2 heteroatoms. The molecule has 0 amide bonds. The van der Waals surface area contributed by atoms with Gasteiger partial charge < -0.3 is 11.1 Å². The van der Waals surface area contributed by atoms with Crippen molar-refractivity contribution in [3.63, 3.8) is 0 Å². The van der Waals surface area contributed by atoms with Crippen molar-refractivity contribution in [2.45, 2.75) is 20.4 Å². The molecule has 0 fully saturated rings. The Bertz CT molecular complexity index is 198. The standard InChI is InChI=1S/C8H12N2.C2H6.2H2/c1-10-8-4-2-3-7(5-8)6-9;1-2;;/h2-5,10H,6,9H2,1H3;1-2H3;2*1H. The van der Waals surface area contributed by atoms with Crippen LogP contribution in [0.4, 0.5) is 5.69 Å². The van der Waals surface area contributed by atoms with E-state index < -0.39 is 0 Å². The molecule has 0 saturated heterocycles. The molecule has 0 aliphatic heterocycles. The topological polar surface area (TPSA) is 38.0 Å². The van der Waals surface area contributed by atoms with E-state index in [4.69, 9.17) is 5.73 Å². The van der Waals surface area contributed by atoms with E-state index in [1.807, 2.05) is 45.2 Å². The second kappa shape index (κ2) is 6.68. The predicted molar refractivity (Wildman–Crippen MR) is 59.5 cm³/mol. The highest BCUT2D eigenvalue weighted by Gasteiger charge is 1.89. The van der Waals surface area contributed by atoms with Gasteiger partial charge in [-0.25, -0.2) is 0 Å². The molecule has 2 nitrogen and oxygen atoms in total. The quantitative estimate of drug-likeness (QED) is 0.716. The van der Waals surface area contributed by atoms with Gasteiger partial charge >= 0.3 is 0 Å². The first-order valence-electron chi connectivity index (χ1n) is 4.33. The molecule has 1 aromatic carbocycles. The fourth-order valence-electron chi connectivity index (χ4n) is 0.854. The van der Waals surface area contributed by atoms with Crippen LogP contribution in [0, 0.1) is 0 Å². The van der Waals surface area contributed by atoms with Gasteiger partial charge in [0.2, 0.25) is 0 Å². The molecule has 72 valence electrons. The molecule has 12 heavy (non-hydrogen) atoms.